The van der Waals surface area contributed by atoms with Crippen LogP contribution in [0.25, 0.3) is 0 Å². The minimum atomic E-state index is -4.46. The summed E-state index contributed by atoms with van der Waals surface area (Å²) in [6.45, 7) is 4.03. The maximum Gasteiger partial charge on any atom is 0.435 e. The zero-order chi connectivity index (χ0) is 17.2. The number of hydrogen-bond acceptors (Lipinski definition) is 4. The van der Waals surface area contributed by atoms with Crippen molar-refractivity contribution in [2.75, 3.05) is 18.1 Å². The molecule has 0 saturated heterocycles. The third-order valence-electron chi connectivity index (χ3n) is 3.93. The SMILES string of the molecule is CCCOc1ccc2c(c1)CCN(c1ccc(C(F)(F)F)nn1)C2. The van der Waals surface area contributed by atoms with E-state index in [0.29, 0.717) is 25.5 Å². The normalized spacial score (nSPS) is 14.4. The third-order valence-corrected chi connectivity index (χ3v) is 3.93. The van der Waals surface area contributed by atoms with Crippen molar-refractivity contribution < 1.29 is 17.9 Å². The molecule has 1 aromatic heterocycles. The van der Waals surface area contributed by atoms with E-state index in [1.807, 2.05) is 23.1 Å². The molecular formula is C17H18F3N3O. The van der Waals surface area contributed by atoms with Gasteiger partial charge in [0.15, 0.2) is 11.5 Å². The van der Waals surface area contributed by atoms with Crippen LogP contribution in [0.1, 0.15) is 30.2 Å². The zero-order valence-electron chi connectivity index (χ0n) is 13.3. The van der Waals surface area contributed by atoms with Crippen LogP contribution in [0.3, 0.4) is 0 Å². The Bertz CT molecular complexity index is 701. The number of alkyl halides is 3. The van der Waals surface area contributed by atoms with Gasteiger partial charge in [0.2, 0.25) is 0 Å². The van der Waals surface area contributed by atoms with Gasteiger partial charge in [-0.05, 0) is 48.2 Å². The summed E-state index contributed by atoms with van der Waals surface area (Å²) >= 11 is 0. The van der Waals surface area contributed by atoms with Crippen LogP contribution >= 0.6 is 0 Å². The van der Waals surface area contributed by atoms with Gasteiger partial charge < -0.3 is 9.64 Å². The Kier molecular flexibility index (Phi) is 4.59. The van der Waals surface area contributed by atoms with Crippen molar-refractivity contribution in [2.45, 2.75) is 32.5 Å². The number of anilines is 1. The van der Waals surface area contributed by atoms with E-state index in [4.69, 9.17) is 4.74 Å². The monoisotopic (exact) mass is 337 g/mol. The first-order valence-corrected chi connectivity index (χ1v) is 7.88. The quantitative estimate of drug-likeness (QED) is 0.849. The lowest BCUT2D eigenvalue weighted by Gasteiger charge is -2.29. The summed E-state index contributed by atoms with van der Waals surface area (Å²) in [4.78, 5) is 1.93. The van der Waals surface area contributed by atoms with Crippen molar-refractivity contribution >= 4 is 5.82 Å². The Morgan fingerprint density at radius 3 is 2.62 bits per heavy atom. The van der Waals surface area contributed by atoms with Gasteiger partial charge in [-0.1, -0.05) is 13.0 Å². The number of rotatable bonds is 4. The second-order valence-electron chi connectivity index (χ2n) is 5.73. The van der Waals surface area contributed by atoms with E-state index in [-0.39, 0.29) is 0 Å². The summed E-state index contributed by atoms with van der Waals surface area (Å²) in [7, 11) is 0. The van der Waals surface area contributed by atoms with Gasteiger partial charge >= 0.3 is 6.18 Å². The fourth-order valence-electron chi connectivity index (χ4n) is 2.68. The fourth-order valence-corrected chi connectivity index (χ4v) is 2.68. The number of benzene rings is 1. The summed E-state index contributed by atoms with van der Waals surface area (Å²) in [6.07, 6.45) is -2.71. The number of hydrogen-bond donors (Lipinski definition) is 0. The Morgan fingerprint density at radius 1 is 1.12 bits per heavy atom. The number of nitrogens with zero attached hydrogens (tertiary/aromatic N) is 3. The Labute approximate surface area is 138 Å². The third kappa shape index (κ3) is 3.60. The van der Waals surface area contributed by atoms with Gasteiger partial charge in [0.1, 0.15) is 5.75 Å². The minimum Gasteiger partial charge on any atom is -0.494 e. The van der Waals surface area contributed by atoms with Crippen molar-refractivity contribution in [1.82, 2.24) is 10.2 Å². The fraction of sp³-hybridized carbons (Fsp3) is 0.412. The van der Waals surface area contributed by atoms with E-state index < -0.39 is 11.9 Å². The first-order chi connectivity index (χ1) is 11.5. The lowest BCUT2D eigenvalue weighted by Crippen LogP contribution is -2.31. The molecule has 1 aliphatic rings. The van der Waals surface area contributed by atoms with Gasteiger partial charge in [0.05, 0.1) is 6.61 Å². The van der Waals surface area contributed by atoms with Gasteiger partial charge in [-0.2, -0.15) is 13.2 Å². The molecule has 0 N–H and O–H groups in total. The lowest BCUT2D eigenvalue weighted by molar-refractivity contribution is -0.141. The number of ether oxygens (including phenoxy) is 1. The molecule has 4 nitrogen and oxygen atoms in total. The van der Waals surface area contributed by atoms with Crippen LogP contribution in [0.4, 0.5) is 19.0 Å². The maximum absolute atomic E-state index is 12.6. The Hall–Kier alpha value is -2.31. The standard InChI is InChI=1S/C17H18F3N3O/c1-2-9-24-14-4-3-13-11-23(8-7-12(13)10-14)16-6-5-15(21-22-16)17(18,19)20/h3-6,10H,2,7-9,11H2,1H3. The first kappa shape index (κ1) is 16.5. The second kappa shape index (κ2) is 6.67. The van der Waals surface area contributed by atoms with Gasteiger partial charge in [0.25, 0.3) is 0 Å². The average Bonchev–Trinajstić information content (AvgIpc) is 2.58. The average molecular weight is 337 g/mol. The molecule has 0 bridgehead atoms. The minimum absolute atomic E-state index is 0.458. The molecule has 0 unspecified atom stereocenters. The van der Waals surface area contributed by atoms with Crippen LogP contribution in [0.15, 0.2) is 30.3 Å². The number of aromatic nitrogens is 2. The number of fused-ring (bicyclic) bond motifs is 1. The molecule has 2 heterocycles. The van der Waals surface area contributed by atoms with Crippen LogP contribution in [0, 0.1) is 0 Å². The molecule has 24 heavy (non-hydrogen) atoms. The van der Waals surface area contributed by atoms with Gasteiger partial charge in [0, 0.05) is 13.1 Å². The largest absolute Gasteiger partial charge is 0.494 e. The van der Waals surface area contributed by atoms with E-state index >= 15 is 0 Å². The molecule has 3 rings (SSSR count). The first-order valence-electron chi connectivity index (χ1n) is 7.88. The van der Waals surface area contributed by atoms with Crippen LogP contribution in [0.5, 0.6) is 5.75 Å². The highest BCUT2D eigenvalue weighted by atomic mass is 19.4. The van der Waals surface area contributed by atoms with Gasteiger partial charge in [-0.15, -0.1) is 10.2 Å². The molecule has 2 aromatic rings. The Balaban J connectivity index is 1.73. The molecular weight excluding hydrogens is 319 g/mol. The van der Waals surface area contributed by atoms with E-state index in [1.165, 1.54) is 11.6 Å². The van der Waals surface area contributed by atoms with Crippen molar-refractivity contribution in [3.63, 3.8) is 0 Å². The van der Waals surface area contributed by atoms with Gasteiger partial charge in [-0.3, -0.25) is 0 Å². The highest BCUT2D eigenvalue weighted by Crippen LogP contribution is 2.29. The molecule has 0 saturated carbocycles. The summed E-state index contributed by atoms with van der Waals surface area (Å²) in [5.41, 5.74) is 1.37. The van der Waals surface area contributed by atoms with Crippen LogP contribution < -0.4 is 9.64 Å². The molecule has 1 aromatic carbocycles. The molecule has 0 atom stereocenters. The molecule has 0 fully saturated rings. The van der Waals surface area contributed by atoms with Crippen molar-refractivity contribution in [3.8, 4) is 5.75 Å². The summed E-state index contributed by atoms with van der Waals surface area (Å²) in [6, 6.07) is 8.32. The van der Waals surface area contributed by atoms with Gasteiger partial charge in [-0.25, -0.2) is 0 Å². The van der Waals surface area contributed by atoms with E-state index in [9.17, 15) is 13.2 Å². The van der Waals surface area contributed by atoms with E-state index in [1.54, 1.807) is 0 Å². The van der Waals surface area contributed by atoms with Crippen LogP contribution in [-0.2, 0) is 19.1 Å². The molecule has 0 spiro atoms. The highest BCUT2D eigenvalue weighted by molar-refractivity contribution is 5.45. The molecule has 0 radical (unpaired) electrons. The molecule has 7 heteroatoms. The molecule has 0 aliphatic carbocycles. The molecule has 1 aliphatic heterocycles. The summed E-state index contributed by atoms with van der Waals surface area (Å²) < 4.78 is 43.3. The predicted molar refractivity (Wildman–Crippen MR) is 84.0 cm³/mol. The second-order valence-corrected chi connectivity index (χ2v) is 5.73. The molecule has 128 valence electrons. The Morgan fingerprint density at radius 2 is 1.96 bits per heavy atom. The maximum atomic E-state index is 12.6. The van der Waals surface area contributed by atoms with Crippen molar-refractivity contribution in [3.05, 3.63) is 47.2 Å². The molecule has 0 amide bonds. The van der Waals surface area contributed by atoms with E-state index in [2.05, 4.69) is 17.1 Å². The van der Waals surface area contributed by atoms with E-state index in [0.717, 1.165) is 30.2 Å². The van der Waals surface area contributed by atoms with Crippen LogP contribution in [0.2, 0.25) is 0 Å². The zero-order valence-corrected chi connectivity index (χ0v) is 13.3. The summed E-state index contributed by atoms with van der Waals surface area (Å²) in [5.74, 6) is 1.32. The highest BCUT2D eigenvalue weighted by Gasteiger charge is 2.33. The lowest BCUT2D eigenvalue weighted by atomic mass is 9.99. The van der Waals surface area contributed by atoms with Crippen LogP contribution in [-0.4, -0.2) is 23.3 Å². The number of halogens is 3. The topological polar surface area (TPSA) is 38.2 Å². The van der Waals surface area contributed by atoms with Crippen molar-refractivity contribution in [2.24, 2.45) is 0 Å². The van der Waals surface area contributed by atoms with Crippen molar-refractivity contribution in [1.29, 1.82) is 0 Å². The predicted octanol–water partition coefficient (Wildman–Crippen LogP) is 3.85. The smallest absolute Gasteiger partial charge is 0.435 e. The summed E-state index contributed by atoms with van der Waals surface area (Å²) in [5, 5.41) is 7.02.